The van der Waals surface area contributed by atoms with Crippen LogP contribution < -0.4 is 11.1 Å². The fourth-order valence-electron chi connectivity index (χ4n) is 2.63. The molecule has 1 aliphatic rings. The average Bonchev–Trinajstić information content (AvgIpc) is 2.72. The molecule has 0 bridgehead atoms. The van der Waals surface area contributed by atoms with E-state index in [1.807, 2.05) is 20.8 Å². The highest BCUT2D eigenvalue weighted by Crippen LogP contribution is 2.36. The molecule has 0 fully saturated rings. The lowest BCUT2D eigenvalue weighted by Gasteiger charge is -2.24. The van der Waals surface area contributed by atoms with E-state index in [1.54, 1.807) is 0 Å². The number of carbonyl (C=O) groups is 2. The van der Waals surface area contributed by atoms with Crippen molar-refractivity contribution in [3.05, 3.63) is 58.4 Å². The van der Waals surface area contributed by atoms with Crippen LogP contribution in [-0.2, 0) is 4.79 Å². The van der Waals surface area contributed by atoms with Crippen LogP contribution in [-0.4, -0.2) is 32.9 Å². The quantitative estimate of drug-likeness (QED) is 0.548. The maximum Gasteiger partial charge on any atom is 0.290 e. The van der Waals surface area contributed by atoms with Crippen LogP contribution in [0.25, 0.3) is 0 Å². The predicted octanol–water partition coefficient (Wildman–Crippen LogP) is 4.87. The van der Waals surface area contributed by atoms with Gasteiger partial charge in [-0.25, -0.2) is 13.8 Å². The van der Waals surface area contributed by atoms with Crippen LogP contribution in [0.1, 0.15) is 49.3 Å². The highest BCUT2D eigenvalue weighted by Gasteiger charge is 2.26. The van der Waals surface area contributed by atoms with Gasteiger partial charge < -0.3 is 16.2 Å². The average molecular weight is 473 g/mol. The molecule has 2 aromatic rings. The second kappa shape index (κ2) is 12.9. The standard InChI is InChI=1S/C17H15ClF2N4OS.C2H6.CH2O2/c1-8-4-14(24-17(21)26-8)11-5-10(6-12(19)15(11)20)23-16(25)13-3-2-9(18)7-22-13;1-2;2-1-3/h2-3,5-8,14H,4H2,1H3,(H2,21,24)(H,23,25);1-2H3;1H,(H,2,3). The Morgan fingerprint density at radius 3 is 2.55 bits per heavy atom. The van der Waals surface area contributed by atoms with Gasteiger partial charge in [-0.3, -0.25) is 14.6 Å². The Labute approximate surface area is 188 Å². The lowest BCUT2D eigenvalue weighted by atomic mass is 10.0. The second-order valence-corrected chi connectivity index (χ2v) is 7.82. The molecule has 3 rings (SSSR count). The molecule has 1 amide bonds. The van der Waals surface area contributed by atoms with Gasteiger partial charge in [-0.05, 0) is 24.6 Å². The summed E-state index contributed by atoms with van der Waals surface area (Å²) in [5.41, 5.74) is 6.02. The summed E-state index contributed by atoms with van der Waals surface area (Å²) in [5, 5.41) is 10.2. The van der Waals surface area contributed by atoms with Crippen LogP contribution in [0.4, 0.5) is 14.5 Å². The molecule has 1 aromatic carbocycles. The fraction of sp³-hybridized carbons (Fsp3) is 0.300. The van der Waals surface area contributed by atoms with Crippen LogP contribution in [0, 0.1) is 11.6 Å². The Morgan fingerprint density at radius 2 is 2.00 bits per heavy atom. The van der Waals surface area contributed by atoms with Gasteiger partial charge in [0.1, 0.15) is 5.69 Å². The number of hydrogen-bond donors (Lipinski definition) is 3. The molecule has 0 saturated carbocycles. The first-order chi connectivity index (χ1) is 14.7. The summed E-state index contributed by atoms with van der Waals surface area (Å²) in [6, 6.07) is 4.63. The van der Waals surface area contributed by atoms with Gasteiger partial charge in [-0.2, -0.15) is 0 Å². The topological polar surface area (TPSA) is 118 Å². The number of aromatic nitrogens is 1. The minimum absolute atomic E-state index is 0.0551. The van der Waals surface area contributed by atoms with Gasteiger partial charge in [0.05, 0.1) is 11.1 Å². The van der Waals surface area contributed by atoms with Gasteiger partial charge in [0, 0.05) is 28.8 Å². The Hall–Kier alpha value is -2.72. The molecular weight excluding hydrogens is 450 g/mol. The van der Waals surface area contributed by atoms with Crippen LogP contribution >= 0.6 is 23.4 Å². The van der Waals surface area contributed by atoms with E-state index in [4.69, 9.17) is 27.2 Å². The number of nitrogens with two attached hydrogens (primary N) is 1. The highest BCUT2D eigenvalue weighted by atomic mass is 35.5. The molecule has 31 heavy (non-hydrogen) atoms. The zero-order chi connectivity index (χ0) is 23.6. The first-order valence-electron chi connectivity index (χ1n) is 9.24. The predicted molar refractivity (Wildman–Crippen MR) is 120 cm³/mol. The Morgan fingerprint density at radius 1 is 1.35 bits per heavy atom. The van der Waals surface area contributed by atoms with E-state index in [-0.39, 0.29) is 28.7 Å². The number of carbonyl (C=O) groups excluding carboxylic acids is 1. The van der Waals surface area contributed by atoms with Crippen LogP contribution in [0.2, 0.25) is 5.02 Å². The van der Waals surface area contributed by atoms with E-state index in [2.05, 4.69) is 15.3 Å². The lowest BCUT2D eigenvalue weighted by Crippen LogP contribution is -2.22. The smallest absolute Gasteiger partial charge is 0.290 e. The van der Waals surface area contributed by atoms with Crippen LogP contribution in [0.15, 0.2) is 35.5 Å². The number of amidine groups is 1. The lowest BCUT2D eigenvalue weighted by molar-refractivity contribution is -0.122. The number of nitrogens with zero attached hydrogens (tertiary/aromatic N) is 2. The number of halogens is 3. The number of thioether (sulfide) groups is 1. The third-order valence-corrected chi connectivity index (χ3v) is 4.96. The number of amides is 1. The largest absolute Gasteiger partial charge is 0.483 e. The zero-order valence-electron chi connectivity index (χ0n) is 17.1. The van der Waals surface area contributed by atoms with Gasteiger partial charge in [0.2, 0.25) is 0 Å². The maximum absolute atomic E-state index is 14.3. The molecule has 0 saturated heterocycles. The number of hydrogen-bond acceptors (Lipinski definition) is 6. The number of rotatable bonds is 3. The molecule has 2 unspecified atom stereocenters. The fourth-order valence-corrected chi connectivity index (χ4v) is 3.62. The van der Waals surface area contributed by atoms with Crippen molar-refractivity contribution in [2.45, 2.75) is 38.5 Å². The number of anilines is 1. The summed E-state index contributed by atoms with van der Waals surface area (Å²) in [6.45, 7) is 5.69. The van der Waals surface area contributed by atoms with Crippen molar-refractivity contribution in [2.75, 3.05) is 5.32 Å². The highest BCUT2D eigenvalue weighted by molar-refractivity contribution is 8.14. The Kier molecular flexibility index (Phi) is 10.9. The second-order valence-electron chi connectivity index (χ2n) is 5.93. The molecule has 1 aromatic heterocycles. The Bertz CT molecular complexity index is 929. The van der Waals surface area contributed by atoms with Gasteiger partial charge in [-0.1, -0.05) is 44.1 Å². The Balaban J connectivity index is 0.000000884. The maximum atomic E-state index is 14.3. The summed E-state index contributed by atoms with van der Waals surface area (Å²) in [7, 11) is 0. The monoisotopic (exact) mass is 472 g/mol. The molecule has 7 nitrogen and oxygen atoms in total. The van der Waals surface area contributed by atoms with Crippen molar-refractivity contribution in [3.8, 4) is 0 Å². The number of pyridine rings is 1. The van der Waals surface area contributed by atoms with Crippen molar-refractivity contribution in [2.24, 2.45) is 10.7 Å². The number of benzene rings is 1. The number of carboxylic acid groups (broad SMARTS) is 1. The van der Waals surface area contributed by atoms with Gasteiger partial charge in [0.15, 0.2) is 16.8 Å². The number of aliphatic imine (C=N–C) groups is 1. The normalized spacial score (nSPS) is 17.2. The molecule has 2 heterocycles. The van der Waals surface area contributed by atoms with Crippen LogP contribution in [0.5, 0.6) is 0 Å². The van der Waals surface area contributed by atoms with Crippen molar-refractivity contribution in [3.63, 3.8) is 0 Å². The first kappa shape index (κ1) is 26.3. The molecule has 168 valence electrons. The van der Waals surface area contributed by atoms with Crippen molar-refractivity contribution in [1.82, 2.24) is 4.98 Å². The first-order valence-corrected chi connectivity index (χ1v) is 10.5. The summed E-state index contributed by atoms with van der Waals surface area (Å²) < 4.78 is 28.3. The van der Waals surface area contributed by atoms with Gasteiger partial charge >= 0.3 is 0 Å². The molecule has 2 atom stereocenters. The minimum Gasteiger partial charge on any atom is -0.483 e. The van der Waals surface area contributed by atoms with Gasteiger partial charge in [0.25, 0.3) is 12.4 Å². The van der Waals surface area contributed by atoms with E-state index in [1.165, 1.54) is 36.2 Å². The zero-order valence-corrected chi connectivity index (χ0v) is 18.7. The van der Waals surface area contributed by atoms with Gasteiger partial charge in [-0.15, -0.1) is 0 Å². The van der Waals surface area contributed by atoms with E-state index in [0.29, 0.717) is 16.6 Å². The molecule has 1 aliphatic heterocycles. The van der Waals surface area contributed by atoms with E-state index >= 15 is 0 Å². The third-order valence-electron chi connectivity index (χ3n) is 3.79. The summed E-state index contributed by atoms with van der Waals surface area (Å²) in [6.07, 6.45) is 1.84. The molecule has 0 radical (unpaired) electrons. The number of nitrogens with one attached hydrogen (secondary N) is 1. The molecular formula is C20H23ClF2N4O3S. The van der Waals surface area contributed by atoms with Crippen molar-refractivity contribution >= 4 is 46.6 Å². The molecule has 0 aliphatic carbocycles. The SMILES string of the molecule is CC.CC1CC(c2cc(NC(=O)c3ccc(Cl)cn3)cc(F)c2F)N=C(N)S1.O=CO. The molecule has 4 N–H and O–H groups in total. The van der Waals surface area contributed by atoms with E-state index in [9.17, 15) is 13.6 Å². The summed E-state index contributed by atoms with van der Waals surface area (Å²) in [5.74, 6) is -2.62. The summed E-state index contributed by atoms with van der Waals surface area (Å²) >= 11 is 7.12. The van der Waals surface area contributed by atoms with E-state index < -0.39 is 23.6 Å². The van der Waals surface area contributed by atoms with Crippen molar-refractivity contribution < 1.29 is 23.5 Å². The minimum atomic E-state index is -1.07. The third kappa shape index (κ3) is 7.80. The molecule has 11 heteroatoms. The summed E-state index contributed by atoms with van der Waals surface area (Å²) in [4.78, 5) is 28.7. The molecule has 0 spiro atoms. The van der Waals surface area contributed by atoms with E-state index in [0.717, 1.165) is 6.07 Å². The van der Waals surface area contributed by atoms with Crippen LogP contribution in [0.3, 0.4) is 0 Å². The van der Waals surface area contributed by atoms with Crippen molar-refractivity contribution in [1.29, 1.82) is 0 Å².